The Kier molecular flexibility index (Phi) is 6.73. The topological polar surface area (TPSA) is 49.1 Å². The Balaban J connectivity index is 2.07. The molecule has 5 heteroatoms. The number of hydrogen-bond donors (Lipinski definition) is 1. The summed E-state index contributed by atoms with van der Waals surface area (Å²) in [4.78, 5) is 9.34. The van der Waals surface area contributed by atoms with Gasteiger partial charge in [-0.05, 0) is 45.3 Å². The van der Waals surface area contributed by atoms with Crippen LogP contribution in [0.1, 0.15) is 46.1 Å². The first-order valence-electron chi connectivity index (χ1n) is 8.32. The van der Waals surface area contributed by atoms with Crippen molar-refractivity contribution in [1.82, 2.24) is 5.43 Å². The number of aliphatic imine (C=N–C) groups is 2. The number of halogens is 1. The van der Waals surface area contributed by atoms with Gasteiger partial charge in [-0.25, -0.2) is 4.99 Å². The van der Waals surface area contributed by atoms with E-state index in [2.05, 4.69) is 43.2 Å². The van der Waals surface area contributed by atoms with E-state index in [1.165, 1.54) is 5.57 Å². The molecule has 0 saturated carbocycles. The quantitative estimate of drug-likeness (QED) is 0.463. The summed E-state index contributed by atoms with van der Waals surface area (Å²) in [6, 6.07) is 7.83. The Morgan fingerprint density at radius 3 is 2.75 bits per heavy atom. The molecule has 0 spiro atoms. The smallest absolute Gasteiger partial charge is 0.109 e. The fraction of sp³-hybridized carbons (Fsp3) is 0.421. The van der Waals surface area contributed by atoms with Gasteiger partial charge in [0, 0.05) is 22.5 Å². The third-order valence-electron chi connectivity index (χ3n) is 3.90. The van der Waals surface area contributed by atoms with Gasteiger partial charge in [-0.15, -0.1) is 0 Å². The van der Waals surface area contributed by atoms with E-state index in [9.17, 15) is 0 Å². The van der Waals surface area contributed by atoms with E-state index in [0.717, 1.165) is 29.8 Å². The van der Waals surface area contributed by atoms with Gasteiger partial charge in [0.1, 0.15) is 6.34 Å². The molecular formula is C19H25ClN4. The first-order chi connectivity index (χ1) is 11.5. The second kappa shape index (κ2) is 8.78. The van der Waals surface area contributed by atoms with Crippen molar-refractivity contribution in [3.05, 3.63) is 46.1 Å². The molecule has 0 fully saturated rings. The molecule has 4 nitrogen and oxygen atoms in total. The first kappa shape index (κ1) is 18.4. The molecule has 0 aromatic heterocycles. The Hall–Kier alpha value is -1.94. The van der Waals surface area contributed by atoms with Crippen LogP contribution in [0.2, 0.25) is 5.02 Å². The molecule has 1 N–H and O–H groups in total. The molecule has 0 aliphatic heterocycles. The molecule has 0 bridgehead atoms. The summed E-state index contributed by atoms with van der Waals surface area (Å²) in [5, 5.41) is 4.82. The fourth-order valence-corrected chi connectivity index (χ4v) is 2.78. The van der Waals surface area contributed by atoms with E-state index in [4.69, 9.17) is 16.6 Å². The standard InChI is InChI=1S/C19H25ClN4/c1-13(2)24-19-15(4)10-9-14(3)18(19)21-12-23-22-11-16-7-5-6-8-17(16)20/h5-8,11-13,15H,9-10H2,1-4H3,(H,21,23)/b22-11-,24-19?. The molecule has 1 aromatic carbocycles. The molecule has 0 amide bonds. The summed E-state index contributed by atoms with van der Waals surface area (Å²) in [5.41, 5.74) is 7.08. The van der Waals surface area contributed by atoms with Crippen LogP contribution in [0, 0.1) is 5.92 Å². The molecule has 0 heterocycles. The third kappa shape index (κ3) is 5.03. The molecule has 2 rings (SSSR count). The average Bonchev–Trinajstić information content (AvgIpc) is 2.54. The maximum absolute atomic E-state index is 6.09. The lowest BCUT2D eigenvalue weighted by atomic mass is 9.87. The summed E-state index contributed by atoms with van der Waals surface area (Å²) in [6.07, 6.45) is 5.49. The van der Waals surface area contributed by atoms with Crippen LogP contribution >= 0.6 is 11.6 Å². The number of benzene rings is 1. The zero-order valence-electron chi connectivity index (χ0n) is 14.8. The normalized spacial score (nSPS) is 20.8. The van der Waals surface area contributed by atoms with Crippen LogP contribution in [-0.4, -0.2) is 24.3 Å². The van der Waals surface area contributed by atoms with Crippen LogP contribution in [0.5, 0.6) is 0 Å². The predicted molar refractivity (Wildman–Crippen MR) is 104 cm³/mol. The average molecular weight is 345 g/mol. The zero-order chi connectivity index (χ0) is 17.5. The van der Waals surface area contributed by atoms with Crippen molar-refractivity contribution in [1.29, 1.82) is 0 Å². The first-order valence-corrected chi connectivity index (χ1v) is 8.70. The van der Waals surface area contributed by atoms with Crippen molar-refractivity contribution in [3.8, 4) is 0 Å². The van der Waals surface area contributed by atoms with Crippen molar-refractivity contribution < 1.29 is 0 Å². The molecular weight excluding hydrogens is 320 g/mol. The highest BCUT2D eigenvalue weighted by atomic mass is 35.5. The van der Waals surface area contributed by atoms with Crippen molar-refractivity contribution in [2.75, 3.05) is 0 Å². The second-order valence-corrected chi connectivity index (χ2v) is 6.75. The maximum Gasteiger partial charge on any atom is 0.109 e. The molecule has 1 aliphatic rings. The molecule has 1 atom stereocenters. The molecule has 1 unspecified atom stereocenters. The third-order valence-corrected chi connectivity index (χ3v) is 4.24. The molecule has 128 valence electrons. The highest BCUT2D eigenvalue weighted by Crippen LogP contribution is 2.28. The van der Waals surface area contributed by atoms with Gasteiger partial charge in [-0.1, -0.05) is 36.7 Å². The Bertz CT molecular complexity index is 686. The number of hydrogen-bond acceptors (Lipinski definition) is 3. The summed E-state index contributed by atoms with van der Waals surface area (Å²) in [5.74, 6) is 0.440. The second-order valence-electron chi connectivity index (χ2n) is 6.34. The number of rotatable bonds is 5. The van der Waals surface area contributed by atoms with E-state index < -0.39 is 0 Å². The molecule has 0 radical (unpaired) electrons. The van der Waals surface area contributed by atoms with Crippen LogP contribution < -0.4 is 5.43 Å². The Labute approximate surface area is 149 Å². The van der Waals surface area contributed by atoms with Gasteiger partial charge in [0.15, 0.2) is 0 Å². The van der Waals surface area contributed by atoms with Crippen LogP contribution in [-0.2, 0) is 0 Å². The number of nitrogens with one attached hydrogen (secondary N) is 1. The van der Waals surface area contributed by atoms with Gasteiger partial charge in [-0.3, -0.25) is 10.4 Å². The van der Waals surface area contributed by atoms with Gasteiger partial charge >= 0.3 is 0 Å². The number of nitrogens with zero attached hydrogens (tertiary/aromatic N) is 3. The molecule has 0 saturated heterocycles. The van der Waals surface area contributed by atoms with Crippen molar-refractivity contribution in [2.24, 2.45) is 21.0 Å². The zero-order valence-corrected chi connectivity index (χ0v) is 15.5. The van der Waals surface area contributed by atoms with Crippen molar-refractivity contribution in [3.63, 3.8) is 0 Å². The van der Waals surface area contributed by atoms with E-state index in [-0.39, 0.29) is 6.04 Å². The minimum absolute atomic E-state index is 0.268. The minimum Gasteiger partial charge on any atom is -0.284 e. The highest BCUT2D eigenvalue weighted by molar-refractivity contribution is 6.33. The lowest BCUT2D eigenvalue weighted by Crippen LogP contribution is -2.21. The lowest BCUT2D eigenvalue weighted by Gasteiger charge is -2.23. The number of allylic oxidation sites excluding steroid dienone is 2. The van der Waals surface area contributed by atoms with Crippen LogP contribution in [0.15, 0.2) is 50.6 Å². The molecule has 24 heavy (non-hydrogen) atoms. The monoisotopic (exact) mass is 344 g/mol. The summed E-state index contributed by atoms with van der Waals surface area (Å²) in [6.45, 7) is 8.53. The van der Waals surface area contributed by atoms with Gasteiger partial charge in [0.2, 0.25) is 0 Å². The van der Waals surface area contributed by atoms with Gasteiger partial charge < -0.3 is 0 Å². The SMILES string of the molecule is CC1=C(N=CN/N=C\c2ccccc2Cl)C(=NC(C)C)C(C)CC1. The van der Waals surface area contributed by atoms with E-state index in [0.29, 0.717) is 10.9 Å². The summed E-state index contributed by atoms with van der Waals surface area (Å²) in [7, 11) is 0. The van der Waals surface area contributed by atoms with E-state index in [1.54, 1.807) is 12.6 Å². The van der Waals surface area contributed by atoms with E-state index >= 15 is 0 Å². The van der Waals surface area contributed by atoms with Gasteiger partial charge in [0.05, 0.1) is 17.6 Å². The van der Waals surface area contributed by atoms with Crippen LogP contribution in [0.25, 0.3) is 0 Å². The minimum atomic E-state index is 0.268. The van der Waals surface area contributed by atoms with Crippen LogP contribution in [0.4, 0.5) is 0 Å². The Morgan fingerprint density at radius 1 is 1.29 bits per heavy atom. The number of hydrazone groups is 1. The predicted octanol–water partition coefficient (Wildman–Crippen LogP) is 4.85. The van der Waals surface area contributed by atoms with Crippen LogP contribution in [0.3, 0.4) is 0 Å². The maximum atomic E-state index is 6.09. The van der Waals surface area contributed by atoms with E-state index in [1.807, 2.05) is 24.3 Å². The van der Waals surface area contributed by atoms with Crippen molar-refractivity contribution in [2.45, 2.75) is 46.6 Å². The van der Waals surface area contributed by atoms with Crippen molar-refractivity contribution >= 4 is 29.9 Å². The highest BCUT2D eigenvalue weighted by Gasteiger charge is 2.22. The summed E-state index contributed by atoms with van der Waals surface area (Å²) >= 11 is 6.09. The lowest BCUT2D eigenvalue weighted by molar-refractivity contribution is 0.645. The van der Waals surface area contributed by atoms with Gasteiger partial charge in [-0.2, -0.15) is 5.10 Å². The molecule has 1 aromatic rings. The van der Waals surface area contributed by atoms with Gasteiger partial charge in [0.25, 0.3) is 0 Å². The fourth-order valence-electron chi connectivity index (χ4n) is 2.60. The molecule has 1 aliphatic carbocycles. The Morgan fingerprint density at radius 2 is 2.04 bits per heavy atom. The largest absolute Gasteiger partial charge is 0.284 e. The summed E-state index contributed by atoms with van der Waals surface area (Å²) < 4.78 is 0.